The second-order valence-corrected chi connectivity index (χ2v) is 6.97. The minimum Gasteiger partial charge on any atom is -0.369 e. The van der Waals surface area contributed by atoms with Crippen molar-refractivity contribution in [1.29, 1.82) is 0 Å². The number of nitrogens with one attached hydrogen (secondary N) is 2. The van der Waals surface area contributed by atoms with Crippen LogP contribution in [-0.2, 0) is 17.3 Å². The summed E-state index contributed by atoms with van der Waals surface area (Å²) in [5.74, 6) is 0.894. The fourth-order valence-electron chi connectivity index (χ4n) is 2.48. The first-order chi connectivity index (χ1) is 11.7. The number of rotatable bonds is 7. The van der Waals surface area contributed by atoms with Gasteiger partial charge in [0.1, 0.15) is 5.82 Å². The van der Waals surface area contributed by atoms with Crippen LogP contribution in [0.15, 0.2) is 65.6 Å². The third-order valence-electron chi connectivity index (χ3n) is 3.79. The van der Waals surface area contributed by atoms with Crippen LogP contribution in [0.2, 0.25) is 0 Å². The van der Waals surface area contributed by atoms with Gasteiger partial charge in [-0.25, -0.2) is 4.98 Å². The van der Waals surface area contributed by atoms with E-state index in [2.05, 4.69) is 27.8 Å². The van der Waals surface area contributed by atoms with E-state index in [9.17, 15) is 4.21 Å². The molecular weight excluding hydrogens is 318 g/mol. The van der Waals surface area contributed by atoms with Crippen LogP contribution in [-0.4, -0.2) is 28.5 Å². The molecule has 0 aliphatic heterocycles. The van der Waals surface area contributed by atoms with Gasteiger partial charge in [0.15, 0.2) is 0 Å². The van der Waals surface area contributed by atoms with Crippen molar-refractivity contribution in [2.45, 2.75) is 11.4 Å². The minimum absolute atomic E-state index is 0.795. The highest BCUT2D eigenvalue weighted by Gasteiger charge is 1.99. The maximum absolute atomic E-state index is 11.4. The van der Waals surface area contributed by atoms with Gasteiger partial charge >= 0.3 is 0 Å². The van der Waals surface area contributed by atoms with E-state index in [1.807, 2.05) is 48.5 Å². The van der Waals surface area contributed by atoms with Crippen LogP contribution in [0.1, 0.15) is 5.56 Å². The van der Waals surface area contributed by atoms with Crippen molar-refractivity contribution >= 4 is 27.5 Å². The van der Waals surface area contributed by atoms with Crippen molar-refractivity contribution in [3.8, 4) is 0 Å². The van der Waals surface area contributed by atoms with Crippen molar-refractivity contribution in [1.82, 2.24) is 10.3 Å². The van der Waals surface area contributed by atoms with Crippen LogP contribution in [0, 0.1) is 0 Å². The first-order valence-corrected chi connectivity index (χ1v) is 9.51. The molecule has 1 unspecified atom stereocenters. The Morgan fingerprint density at radius 2 is 1.75 bits per heavy atom. The summed E-state index contributed by atoms with van der Waals surface area (Å²) in [5, 5.41) is 7.88. The second kappa shape index (κ2) is 8.04. The van der Waals surface area contributed by atoms with Crippen LogP contribution in [0.3, 0.4) is 0 Å². The van der Waals surface area contributed by atoms with E-state index in [-0.39, 0.29) is 0 Å². The molecule has 0 aliphatic rings. The molecule has 24 heavy (non-hydrogen) atoms. The fourth-order valence-corrected chi connectivity index (χ4v) is 2.99. The highest BCUT2D eigenvalue weighted by atomic mass is 32.2. The average molecular weight is 339 g/mol. The molecular formula is C19H21N3OS. The van der Waals surface area contributed by atoms with E-state index in [1.54, 1.807) is 6.26 Å². The number of nitrogens with zero attached hydrogens (tertiary/aromatic N) is 1. The lowest BCUT2D eigenvalue weighted by Gasteiger charge is -2.08. The van der Waals surface area contributed by atoms with Gasteiger partial charge in [-0.3, -0.25) is 4.21 Å². The summed E-state index contributed by atoms with van der Waals surface area (Å²) >= 11 is 0. The smallest absolute Gasteiger partial charge is 0.126 e. The van der Waals surface area contributed by atoms with E-state index in [4.69, 9.17) is 0 Å². The van der Waals surface area contributed by atoms with E-state index in [0.29, 0.717) is 0 Å². The second-order valence-electron chi connectivity index (χ2n) is 5.59. The Morgan fingerprint density at radius 3 is 2.54 bits per heavy atom. The first-order valence-electron chi connectivity index (χ1n) is 7.95. The van der Waals surface area contributed by atoms with E-state index in [1.165, 1.54) is 5.56 Å². The van der Waals surface area contributed by atoms with Crippen LogP contribution in [0.4, 0.5) is 5.82 Å². The molecule has 0 radical (unpaired) electrons. The molecule has 0 bridgehead atoms. The largest absolute Gasteiger partial charge is 0.369 e. The molecule has 1 atom stereocenters. The quantitative estimate of drug-likeness (QED) is 0.649. The molecule has 0 saturated carbocycles. The molecule has 0 saturated heterocycles. The number of benzene rings is 2. The molecule has 3 aromatic rings. The Morgan fingerprint density at radius 1 is 0.958 bits per heavy atom. The number of anilines is 1. The van der Waals surface area contributed by atoms with Crippen molar-refractivity contribution in [3.05, 3.63) is 66.2 Å². The zero-order chi connectivity index (χ0) is 16.8. The maximum Gasteiger partial charge on any atom is 0.126 e. The Bertz CT molecular complexity index is 833. The molecule has 2 aromatic carbocycles. The van der Waals surface area contributed by atoms with Crippen molar-refractivity contribution in [2.24, 2.45) is 0 Å². The summed E-state index contributed by atoms with van der Waals surface area (Å²) in [5.41, 5.74) is 2.19. The van der Waals surface area contributed by atoms with Gasteiger partial charge in [0.05, 0.1) is 5.52 Å². The SMILES string of the molecule is CS(=O)c1ccc(CNCCNc2ccc3ccccc3n2)cc1. The zero-order valence-electron chi connectivity index (χ0n) is 13.7. The summed E-state index contributed by atoms with van der Waals surface area (Å²) in [6, 6.07) is 20.1. The number of aromatic nitrogens is 1. The molecule has 2 N–H and O–H groups in total. The van der Waals surface area contributed by atoms with Crippen LogP contribution in [0.5, 0.6) is 0 Å². The number of hydrogen-bond donors (Lipinski definition) is 2. The lowest BCUT2D eigenvalue weighted by atomic mass is 10.2. The van der Waals surface area contributed by atoms with Gasteiger partial charge in [-0.1, -0.05) is 30.3 Å². The van der Waals surface area contributed by atoms with Gasteiger partial charge in [0, 0.05) is 47.0 Å². The topological polar surface area (TPSA) is 54.0 Å². The van der Waals surface area contributed by atoms with Crippen LogP contribution < -0.4 is 10.6 Å². The van der Waals surface area contributed by atoms with Crippen molar-refractivity contribution in [3.63, 3.8) is 0 Å². The van der Waals surface area contributed by atoms with Gasteiger partial charge in [-0.2, -0.15) is 0 Å². The molecule has 124 valence electrons. The third-order valence-corrected chi connectivity index (χ3v) is 4.73. The zero-order valence-corrected chi connectivity index (χ0v) is 14.5. The molecule has 0 spiro atoms. The van der Waals surface area contributed by atoms with Gasteiger partial charge in [-0.05, 0) is 35.9 Å². The standard InChI is InChI=1S/C19H21N3OS/c1-24(23)17-9-6-15(7-10-17)14-20-12-13-21-19-11-8-16-4-2-3-5-18(16)22-19/h2-11,20H,12-14H2,1H3,(H,21,22). The van der Waals surface area contributed by atoms with E-state index < -0.39 is 10.8 Å². The summed E-state index contributed by atoms with van der Waals surface area (Å²) in [4.78, 5) is 5.45. The lowest BCUT2D eigenvalue weighted by Crippen LogP contribution is -2.22. The highest BCUT2D eigenvalue weighted by molar-refractivity contribution is 7.84. The molecule has 1 aromatic heterocycles. The lowest BCUT2D eigenvalue weighted by molar-refractivity contribution is 0.686. The first kappa shape index (κ1) is 16.6. The fraction of sp³-hybridized carbons (Fsp3) is 0.211. The summed E-state index contributed by atoms with van der Waals surface area (Å²) in [7, 11) is -0.915. The molecule has 0 fully saturated rings. The van der Waals surface area contributed by atoms with E-state index >= 15 is 0 Å². The van der Waals surface area contributed by atoms with Crippen molar-refractivity contribution in [2.75, 3.05) is 24.7 Å². The summed E-state index contributed by atoms with van der Waals surface area (Å²) in [6.45, 7) is 2.45. The van der Waals surface area contributed by atoms with Gasteiger partial charge in [0.25, 0.3) is 0 Å². The molecule has 5 heteroatoms. The van der Waals surface area contributed by atoms with E-state index in [0.717, 1.165) is 41.3 Å². The molecule has 3 rings (SSSR count). The predicted molar refractivity (Wildman–Crippen MR) is 101 cm³/mol. The van der Waals surface area contributed by atoms with Gasteiger partial charge in [0.2, 0.25) is 0 Å². The third kappa shape index (κ3) is 4.40. The normalized spacial score (nSPS) is 12.2. The minimum atomic E-state index is -0.915. The molecule has 1 heterocycles. The molecule has 4 nitrogen and oxygen atoms in total. The number of fused-ring (bicyclic) bond motifs is 1. The predicted octanol–water partition coefficient (Wildman–Crippen LogP) is 3.17. The van der Waals surface area contributed by atoms with Crippen LogP contribution in [0.25, 0.3) is 10.9 Å². The maximum atomic E-state index is 11.4. The number of pyridine rings is 1. The number of para-hydroxylation sites is 1. The Labute approximate surface area is 144 Å². The molecule has 0 aliphatic carbocycles. The monoisotopic (exact) mass is 339 g/mol. The summed E-state index contributed by atoms with van der Waals surface area (Å²) in [6.07, 6.45) is 1.69. The van der Waals surface area contributed by atoms with Gasteiger partial charge < -0.3 is 10.6 Å². The summed E-state index contributed by atoms with van der Waals surface area (Å²) < 4.78 is 11.4. The van der Waals surface area contributed by atoms with Crippen molar-refractivity contribution < 1.29 is 4.21 Å². The Balaban J connectivity index is 1.43. The number of hydrogen-bond acceptors (Lipinski definition) is 4. The van der Waals surface area contributed by atoms with Crippen LogP contribution >= 0.6 is 0 Å². The van der Waals surface area contributed by atoms with Gasteiger partial charge in [-0.15, -0.1) is 0 Å². The Hall–Kier alpha value is -2.24. The molecule has 0 amide bonds. The Kier molecular flexibility index (Phi) is 5.56. The highest BCUT2D eigenvalue weighted by Crippen LogP contribution is 2.14. The average Bonchev–Trinajstić information content (AvgIpc) is 2.61.